The van der Waals surface area contributed by atoms with Crippen LogP contribution >= 0.6 is 0 Å². The van der Waals surface area contributed by atoms with Crippen LogP contribution in [0.5, 0.6) is 0 Å². The first-order chi connectivity index (χ1) is 8.95. The summed E-state index contributed by atoms with van der Waals surface area (Å²) in [5, 5.41) is 9.66. The van der Waals surface area contributed by atoms with Gasteiger partial charge in [-0.05, 0) is 43.4 Å². The molecule has 0 heterocycles. The molecule has 1 aromatic rings. The van der Waals surface area contributed by atoms with E-state index in [-0.39, 0.29) is 0 Å². The molecule has 1 nitrogen and oxygen atoms in total. The lowest BCUT2D eigenvalue weighted by atomic mass is 10.00. The molecule has 0 spiro atoms. The fourth-order valence-electron chi connectivity index (χ4n) is 2.37. The van der Waals surface area contributed by atoms with E-state index in [0.717, 1.165) is 49.0 Å². The zero-order chi connectivity index (χ0) is 13.9. The second-order valence-corrected chi connectivity index (χ2v) is 5.01. The van der Waals surface area contributed by atoms with Crippen molar-refractivity contribution in [2.24, 2.45) is 0 Å². The van der Waals surface area contributed by atoms with Crippen molar-refractivity contribution in [2.75, 3.05) is 0 Å². The molecule has 1 aliphatic carbocycles. The van der Waals surface area contributed by atoms with Crippen molar-refractivity contribution < 1.29 is 18.3 Å². The molecule has 0 aromatic heterocycles. The third-order valence-corrected chi connectivity index (χ3v) is 3.39. The standard InChI is InChI=1S/C15H17F3O/c16-15(17,18)13-7-5-11(6-8-13)9-12-3-1-2-4-14(19)10-12/h5-8,10,14,19H,1-4,9H2. The van der Waals surface area contributed by atoms with Crippen molar-refractivity contribution in [1.82, 2.24) is 0 Å². The Morgan fingerprint density at radius 1 is 1.11 bits per heavy atom. The van der Waals surface area contributed by atoms with E-state index in [1.165, 1.54) is 12.1 Å². The monoisotopic (exact) mass is 270 g/mol. The van der Waals surface area contributed by atoms with Gasteiger partial charge in [-0.25, -0.2) is 0 Å². The molecular formula is C15H17F3O. The third-order valence-electron chi connectivity index (χ3n) is 3.39. The molecule has 1 aliphatic rings. The minimum Gasteiger partial charge on any atom is -0.389 e. The van der Waals surface area contributed by atoms with Gasteiger partial charge in [-0.1, -0.05) is 30.2 Å². The number of alkyl halides is 3. The van der Waals surface area contributed by atoms with Crippen molar-refractivity contribution in [1.29, 1.82) is 0 Å². The van der Waals surface area contributed by atoms with Crippen molar-refractivity contribution in [3.63, 3.8) is 0 Å². The van der Waals surface area contributed by atoms with E-state index in [1.807, 2.05) is 6.08 Å². The maximum Gasteiger partial charge on any atom is 0.416 e. The largest absolute Gasteiger partial charge is 0.416 e. The van der Waals surface area contributed by atoms with Crippen molar-refractivity contribution in [2.45, 2.75) is 44.4 Å². The van der Waals surface area contributed by atoms with E-state index < -0.39 is 17.8 Å². The minimum atomic E-state index is -4.28. The normalized spacial score (nSPS) is 20.8. The Bertz CT molecular complexity index is 445. The van der Waals surface area contributed by atoms with Crippen LogP contribution < -0.4 is 0 Å². The van der Waals surface area contributed by atoms with E-state index >= 15 is 0 Å². The second-order valence-electron chi connectivity index (χ2n) is 5.01. The molecule has 1 aromatic carbocycles. The Kier molecular flexibility index (Phi) is 4.30. The van der Waals surface area contributed by atoms with E-state index in [1.54, 1.807) is 0 Å². The SMILES string of the molecule is OC1C=C(Cc2ccc(C(F)(F)F)cc2)CCCC1. The summed E-state index contributed by atoms with van der Waals surface area (Å²) in [6.45, 7) is 0. The minimum absolute atomic E-state index is 0.410. The molecule has 0 aliphatic heterocycles. The number of aliphatic hydroxyl groups excluding tert-OH is 1. The van der Waals surface area contributed by atoms with Gasteiger partial charge in [0.1, 0.15) is 0 Å². The molecule has 0 saturated heterocycles. The van der Waals surface area contributed by atoms with Gasteiger partial charge in [0.2, 0.25) is 0 Å². The molecule has 0 fully saturated rings. The molecule has 1 unspecified atom stereocenters. The topological polar surface area (TPSA) is 20.2 Å². The quantitative estimate of drug-likeness (QED) is 0.802. The van der Waals surface area contributed by atoms with Gasteiger partial charge in [0.25, 0.3) is 0 Å². The Hall–Kier alpha value is -1.29. The molecule has 1 atom stereocenters. The van der Waals surface area contributed by atoms with Crippen LogP contribution in [-0.2, 0) is 12.6 Å². The predicted molar refractivity (Wildman–Crippen MR) is 67.7 cm³/mol. The maximum atomic E-state index is 12.4. The Balaban J connectivity index is 2.07. The summed E-state index contributed by atoms with van der Waals surface area (Å²) in [6.07, 6.45) is 1.50. The number of hydrogen-bond donors (Lipinski definition) is 1. The van der Waals surface area contributed by atoms with Crippen LogP contribution in [0.4, 0.5) is 13.2 Å². The van der Waals surface area contributed by atoms with Crippen LogP contribution in [0.15, 0.2) is 35.9 Å². The average molecular weight is 270 g/mol. The lowest BCUT2D eigenvalue weighted by Crippen LogP contribution is -2.05. The highest BCUT2D eigenvalue weighted by Gasteiger charge is 2.29. The van der Waals surface area contributed by atoms with Gasteiger partial charge in [0.15, 0.2) is 0 Å². The second kappa shape index (κ2) is 5.78. The summed E-state index contributed by atoms with van der Waals surface area (Å²) < 4.78 is 37.3. The van der Waals surface area contributed by atoms with Crippen molar-refractivity contribution >= 4 is 0 Å². The van der Waals surface area contributed by atoms with Crippen molar-refractivity contribution in [3.05, 3.63) is 47.0 Å². The van der Waals surface area contributed by atoms with E-state index in [0.29, 0.717) is 6.42 Å². The molecule has 4 heteroatoms. The highest BCUT2D eigenvalue weighted by Crippen LogP contribution is 2.29. The summed E-state index contributed by atoms with van der Waals surface area (Å²) in [5.41, 5.74) is 1.35. The Morgan fingerprint density at radius 2 is 1.79 bits per heavy atom. The first-order valence-corrected chi connectivity index (χ1v) is 6.49. The maximum absolute atomic E-state index is 12.4. The van der Waals surface area contributed by atoms with Gasteiger partial charge in [0.05, 0.1) is 11.7 Å². The van der Waals surface area contributed by atoms with Gasteiger partial charge in [-0.3, -0.25) is 0 Å². The highest BCUT2D eigenvalue weighted by atomic mass is 19.4. The number of hydrogen-bond acceptors (Lipinski definition) is 1. The van der Waals surface area contributed by atoms with Gasteiger partial charge in [0, 0.05) is 0 Å². The zero-order valence-corrected chi connectivity index (χ0v) is 10.6. The number of halogens is 3. The van der Waals surface area contributed by atoms with Crippen LogP contribution in [0.25, 0.3) is 0 Å². The number of aliphatic hydroxyl groups is 1. The number of allylic oxidation sites excluding steroid dienone is 1. The first-order valence-electron chi connectivity index (χ1n) is 6.49. The highest BCUT2D eigenvalue weighted by molar-refractivity contribution is 5.28. The first kappa shape index (κ1) is 14.1. The summed E-state index contributed by atoms with van der Waals surface area (Å²) in [4.78, 5) is 0. The molecule has 2 rings (SSSR count). The lowest BCUT2D eigenvalue weighted by molar-refractivity contribution is -0.137. The molecule has 1 N–H and O–H groups in total. The lowest BCUT2D eigenvalue weighted by Gasteiger charge is -2.09. The zero-order valence-electron chi connectivity index (χ0n) is 10.6. The van der Waals surface area contributed by atoms with E-state index in [9.17, 15) is 18.3 Å². The van der Waals surface area contributed by atoms with Gasteiger partial charge < -0.3 is 5.11 Å². The van der Waals surface area contributed by atoms with Crippen LogP contribution in [0, 0.1) is 0 Å². The molecule has 104 valence electrons. The van der Waals surface area contributed by atoms with Crippen LogP contribution in [0.2, 0.25) is 0 Å². The molecule has 0 saturated carbocycles. The average Bonchev–Trinajstić information content (AvgIpc) is 2.53. The molecule has 0 radical (unpaired) electrons. The van der Waals surface area contributed by atoms with Gasteiger partial charge >= 0.3 is 6.18 Å². The summed E-state index contributed by atoms with van der Waals surface area (Å²) in [7, 11) is 0. The van der Waals surface area contributed by atoms with Crippen LogP contribution in [0.1, 0.15) is 36.8 Å². The van der Waals surface area contributed by atoms with Crippen molar-refractivity contribution in [3.8, 4) is 0 Å². The van der Waals surface area contributed by atoms with Crippen LogP contribution in [-0.4, -0.2) is 11.2 Å². The van der Waals surface area contributed by atoms with Gasteiger partial charge in [-0.15, -0.1) is 0 Å². The van der Waals surface area contributed by atoms with E-state index in [2.05, 4.69) is 0 Å². The number of benzene rings is 1. The molecule has 0 amide bonds. The Morgan fingerprint density at radius 3 is 2.42 bits per heavy atom. The molecule has 19 heavy (non-hydrogen) atoms. The molecular weight excluding hydrogens is 253 g/mol. The van der Waals surface area contributed by atoms with Crippen LogP contribution in [0.3, 0.4) is 0 Å². The van der Waals surface area contributed by atoms with E-state index in [4.69, 9.17) is 0 Å². The summed E-state index contributed by atoms with van der Waals surface area (Å²) in [5.74, 6) is 0. The third kappa shape index (κ3) is 4.10. The smallest absolute Gasteiger partial charge is 0.389 e. The molecule has 0 bridgehead atoms. The summed E-state index contributed by atoms with van der Waals surface area (Å²) >= 11 is 0. The number of rotatable bonds is 2. The van der Waals surface area contributed by atoms with Gasteiger partial charge in [-0.2, -0.15) is 13.2 Å². The predicted octanol–water partition coefficient (Wildman–Crippen LogP) is 4.11. The Labute approximate surface area is 110 Å². The summed E-state index contributed by atoms with van der Waals surface area (Å²) in [6, 6.07) is 5.26. The fraction of sp³-hybridized carbons (Fsp3) is 0.467. The fourth-order valence-corrected chi connectivity index (χ4v) is 2.37.